The lowest BCUT2D eigenvalue weighted by Gasteiger charge is -2.39. The predicted octanol–water partition coefficient (Wildman–Crippen LogP) is 2.44. The summed E-state index contributed by atoms with van der Waals surface area (Å²) in [7, 11) is 0. The van der Waals surface area contributed by atoms with Crippen LogP contribution in [0.5, 0.6) is 0 Å². The number of hydrogen-bond donors (Lipinski definition) is 1. The third-order valence-corrected chi connectivity index (χ3v) is 5.10. The van der Waals surface area contributed by atoms with E-state index in [9.17, 15) is 14.7 Å². The Bertz CT molecular complexity index is 890. The Balaban J connectivity index is 1.69. The Morgan fingerprint density at radius 2 is 2.04 bits per heavy atom. The standard InChI is InChI=1S/C19H22N4O4/c1-12-7-22(19(25)26)18-5-15(3-4-17(18)23(12)13(2)24)16-6-20-21(9-16)8-14-10-27-11-14/h3-6,9,12,14H,7-8,10-11H2,1-2H3,(H,25,26)/t12-/m0/s1. The Morgan fingerprint density at radius 3 is 2.67 bits per heavy atom. The molecule has 0 radical (unpaired) electrons. The molecule has 1 aromatic carbocycles. The van der Waals surface area contributed by atoms with Crippen LogP contribution in [0.15, 0.2) is 30.6 Å². The molecule has 1 N–H and O–H groups in total. The summed E-state index contributed by atoms with van der Waals surface area (Å²) in [5, 5.41) is 14.0. The van der Waals surface area contributed by atoms with E-state index in [1.54, 1.807) is 11.1 Å². The number of carbonyl (C=O) groups is 2. The van der Waals surface area contributed by atoms with Crippen molar-refractivity contribution >= 4 is 23.4 Å². The van der Waals surface area contributed by atoms with Crippen LogP contribution in [-0.4, -0.2) is 52.7 Å². The van der Waals surface area contributed by atoms with Crippen molar-refractivity contribution in [1.82, 2.24) is 9.78 Å². The maximum Gasteiger partial charge on any atom is 0.411 e. The van der Waals surface area contributed by atoms with Gasteiger partial charge in [-0.2, -0.15) is 5.10 Å². The minimum Gasteiger partial charge on any atom is -0.465 e. The van der Waals surface area contributed by atoms with Gasteiger partial charge in [-0.15, -0.1) is 0 Å². The highest BCUT2D eigenvalue weighted by molar-refractivity contribution is 6.02. The summed E-state index contributed by atoms with van der Waals surface area (Å²) in [6.07, 6.45) is 2.71. The van der Waals surface area contributed by atoms with Gasteiger partial charge >= 0.3 is 6.09 Å². The molecule has 0 spiro atoms. The number of aromatic nitrogens is 2. The molecular formula is C19H22N4O4. The average Bonchev–Trinajstić information content (AvgIpc) is 3.05. The van der Waals surface area contributed by atoms with E-state index in [1.807, 2.05) is 36.0 Å². The van der Waals surface area contributed by atoms with Crippen LogP contribution in [0.2, 0.25) is 0 Å². The zero-order chi connectivity index (χ0) is 19.1. The van der Waals surface area contributed by atoms with Crippen LogP contribution in [0.4, 0.5) is 16.2 Å². The maximum absolute atomic E-state index is 12.1. The summed E-state index contributed by atoms with van der Waals surface area (Å²) in [6, 6.07) is 5.32. The van der Waals surface area contributed by atoms with Gasteiger partial charge in [-0.25, -0.2) is 4.79 Å². The number of benzene rings is 1. The number of nitrogens with zero attached hydrogens (tertiary/aromatic N) is 4. The van der Waals surface area contributed by atoms with Crippen molar-refractivity contribution in [2.24, 2.45) is 5.92 Å². The summed E-state index contributed by atoms with van der Waals surface area (Å²) in [5.41, 5.74) is 2.92. The number of rotatable bonds is 3. The molecule has 0 bridgehead atoms. The molecule has 1 saturated heterocycles. The molecule has 1 aromatic heterocycles. The summed E-state index contributed by atoms with van der Waals surface area (Å²) < 4.78 is 7.09. The van der Waals surface area contributed by atoms with Crippen LogP contribution >= 0.6 is 0 Å². The molecule has 0 saturated carbocycles. The third-order valence-electron chi connectivity index (χ3n) is 5.10. The van der Waals surface area contributed by atoms with Crippen LogP contribution < -0.4 is 9.80 Å². The number of amides is 2. The topological polar surface area (TPSA) is 87.9 Å². The summed E-state index contributed by atoms with van der Waals surface area (Å²) in [6.45, 7) is 5.93. The minimum absolute atomic E-state index is 0.0999. The van der Waals surface area contributed by atoms with Crippen molar-refractivity contribution in [2.75, 3.05) is 29.6 Å². The van der Waals surface area contributed by atoms with Gasteiger partial charge in [0.1, 0.15) is 0 Å². The number of hydrogen-bond acceptors (Lipinski definition) is 4. The normalized spacial score (nSPS) is 19.6. The first-order chi connectivity index (χ1) is 12.9. The Hall–Kier alpha value is -2.87. The molecule has 3 heterocycles. The van der Waals surface area contributed by atoms with E-state index in [-0.39, 0.29) is 18.5 Å². The van der Waals surface area contributed by atoms with Crippen LogP contribution in [0.3, 0.4) is 0 Å². The van der Waals surface area contributed by atoms with Gasteiger partial charge in [0, 0.05) is 37.7 Å². The van der Waals surface area contributed by atoms with E-state index in [2.05, 4.69) is 5.10 Å². The number of carboxylic acid groups (broad SMARTS) is 1. The molecule has 1 fully saturated rings. The fraction of sp³-hybridized carbons (Fsp3) is 0.421. The van der Waals surface area contributed by atoms with E-state index in [0.717, 1.165) is 30.9 Å². The lowest BCUT2D eigenvalue weighted by Crippen LogP contribution is -2.51. The van der Waals surface area contributed by atoms with Gasteiger partial charge in [0.25, 0.3) is 0 Å². The quantitative estimate of drug-likeness (QED) is 0.897. The van der Waals surface area contributed by atoms with E-state index >= 15 is 0 Å². The molecule has 4 rings (SSSR count). The highest BCUT2D eigenvalue weighted by atomic mass is 16.5. The van der Waals surface area contributed by atoms with E-state index in [1.165, 1.54) is 11.8 Å². The highest BCUT2D eigenvalue weighted by Crippen LogP contribution is 2.38. The number of ether oxygens (including phenoxy) is 1. The molecule has 2 amide bonds. The van der Waals surface area contributed by atoms with E-state index in [4.69, 9.17) is 4.74 Å². The zero-order valence-corrected chi connectivity index (χ0v) is 15.3. The number of fused-ring (bicyclic) bond motifs is 1. The van der Waals surface area contributed by atoms with Crippen molar-refractivity contribution in [2.45, 2.75) is 26.4 Å². The molecule has 0 aliphatic carbocycles. The molecule has 0 unspecified atom stereocenters. The van der Waals surface area contributed by atoms with Gasteiger partial charge in [-0.1, -0.05) is 6.07 Å². The van der Waals surface area contributed by atoms with Gasteiger partial charge in [0.2, 0.25) is 5.91 Å². The van der Waals surface area contributed by atoms with Crippen LogP contribution in [-0.2, 0) is 16.1 Å². The van der Waals surface area contributed by atoms with Gasteiger partial charge in [-0.05, 0) is 24.6 Å². The molecule has 27 heavy (non-hydrogen) atoms. The van der Waals surface area contributed by atoms with Crippen molar-refractivity contribution in [1.29, 1.82) is 0 Å². The molecule has 2 aliphatic heterocycles. The molecule has 142 valence electrons. The van der Waals surface area contributed by atoms with Crippen molar-refractivity contribution in [3.05, 3.63) is 30.6 Å². The largest absolute Gasteiger partial charge is 0.465 e. The fourth-order valence-electron chi connectivity index (χ4n) is 3.73. The second-order valence-corrected chi connectivity index (χ2v) is 7.19. The van der Waals surface area contributed by atoms with Crippen LogP contribution in [0.25, 0.3) is 11.1 Å². The number of carbonyl (C=O) groups excluding carboxylic acids is 1. The fourth-order valence-corrected chi connectivity index (χ4v) is 3.73. The third kappa shape index (κ3) is 3.16. The summed E-state index contributed by atoms with van der Waals surface area (Å²) >= 11 is 0. The van der Waals surface area contributed by atoms with Gasteiger partial charge < -0.3 is 14.7 Å². The second-order valence-electron chi connectivity index (χ2n) is 7.19. The molecule has 1 atom stereocenters. The second kappa shape index (κ2) is 6.70. The SMILES string of the molecule is CC(=O)N1c2ccc(-c3cnn(CC4COC4)c3)cc2N(C(=O)O)C[C@@H]1C. The molecule has 8 heteroatoms. The lowest BCUT2D eigenvalue weighted by molar-refractivity contribution is -0.117. The Morgan fingerprint density at radius 1 is 1.26 bits per heavy atom. The smallest absolute Gasteiger partial charge is 0.411 e. The monoisotopic (exact) mass is 370 g/mol. The van der Waals surface area contributed by atoms with Crippen molar-refractivity contribution in [3.8, 4) is 11.1 Å². The first-order valence-corrected chi connectivity index (χ1v) is 8.99. The highest BCUT2D eigenvalue weighted by Gasteiger charge is 2.33. The minimum atomic E-state index is -1.02. The molecule has 2 aliphatic rings. The zero-order valence-electron chi connectivity index (χ0n) is 15.3. The maximum atomic E-state index is 12.1. The Labute approximate surface area is 156 Å². The van der Waals surface area contributed by atoms with Crippen LogP contribution in [0, 0.1) is 5.92 Å². The van der Waals surface area contributed by atoms with Crippen molar-refractivity contribution in [3.63, 3.8) is 0 Å². The van der Waals surface area contributed by atoms with E-state index < -0.39 is 6.09 Å². The first-order valence-electron chi connectivity index (χ1n) is 8.99. The Kier molecular flexibility index (Phi) is 4.35. The average molecular weight is 370 g/mol. The summed E-state index contributed by atoms with van der Waals surface area (Å²) in [5.74, 6) is 0.395. The number of anilines is 2. The molecular weight excluding hydrogens is 348 g/mol. The van der Waals surface area contributed by atoms with Crippen molar-refractivity contribution < 1.29 is 19.4 Å². The predicted molar refractivity (Wildman–Crippen MR) is 100.0 cm³/mol. The van der Waals surface area contributed by atoms with Gasteiger partial charge in [0.05, 0.1) is 36.8 Å². The van der Waals surface area contributed by atoms with Gasteiger partial charge in [0.15, 0.2) is 0 Å². The van der Waals surface area contributed by atoms with Gasteiger partial charge in [-0.3, -0.25) is 14.4 Å². The lowest BCUT2D eigenvalue weighted by atomic mass is 10.0. The first kappa shape index (κ1) is 17.5. The van der Waals surface area contributed by atoms with E-state index in [0.29, 0.717) is 17.3 Å². The molecule has 2 aromatic rings. The molecule has 8 nitrogen and oxygen atoms in total. The summed E-state index contributed by atoms with van der Waals surface area (Å²) in [4.78, 5) is 26.8. The van der Waals surface area contributed by atoms with Crippen LogP contribution in [0.1, 0.15) is 13.8 Å².